The van der Waals surface area contributed by atoms with E-state index >= 15 is 0 Å². The largest absolute Gasteiger partial charge is 0.334 e. The van der Waals surface area contributed by atoms with Crippen LogP contribution in [0.1, 0.15) is 31.1 Å². The Hall–Kier alpha value is -1.68. The number of hydrogen-bond donors (Lipinski definition) is 1. The summed E-state index contributed by atoms with van der Waals surface area (Å²) in [6, 6.07) is 4.34. The first-order valence-corrected chi connectivity index (χ1v) is 5.93. The average Bonchev–Trinajstić information content (AvgIpc) is 2.84. The van der Waals surface area contributed by atoms with Crippen LogP contribution in [0.4, 0.5) is 0 Å². The number of nitrogens with one attached hydrogen (secondary N) is 1. The molecule has 0 aliphatic heterocycles. The van der Waals surface area contributed by atoms with Gasteiger partial charge in [-0.05, 0) is 25.5 Å². The van der Waals surface area contributed by atoms with Crippen LogP contribution in [0.2, 0.25) is 0 Å². The third kappa shape index (κ3) is 2.91. The lowest BCUT2D eigenvalue weighted by molar-refractivity contribution is 0.548. The summed E-state index contributed by atoms with van der Waals surface area (Å²) in [6.07, 6.45) is 7.47. The molecule has 2 rings (SSSR count). The predicted octanol–water partition coefficient (Wildman–Crippen LogP) is 2.15. The fourth-order valence-corrected chi connectivity index (χ4v) is 1.79. The monoisotopic (exact) mass is 230 g/mol. The van der Waals surface area contributed by atoms with Crippen LogP contribution < -0.4 is 5.32 Å². The van der Waals surface area contributed by atoms with Crippen LogP contribution in [-0.4, -0.2) is 14.5 Å². The van der Waals surface area contributed by atoms with E-state index in [-0.39, 0.29) is 0 Å². The van der Waals surface area contributed by atoms with E-state index in [1.165, 1.54) is 11.3 Å². The maximum Gasteiger partial charge on any atom is 0.0948 e. The lowest BCUT2D eigenvalue weighted by Gasteiger charge is -2.14. The van der Waals surface area contributed by atoms with Gasteiger partial charge >= 0.3 is 0 Å². The summed E-state index contributed by atoms with van der Waals surface area (Å²) in [5.41, 5.74) is 2.42. The highest BCUT2D eigenvalue weighted by atomic mass is 15.1. The van der Waals surface area contributed by atoms with Gasteiger partial charge in [-0.2, -0.15) is 0 Å². The lowest BCUT2D eigenvalue weighted by atomic mass is 10.1. The fraction of sp³-hybridized carbons (Fsp3) is 0.385. The van der Waals surface area contributed by atoms with E-state index in [2.05, 4.69) is 39.8 Å². The van der Waals surface area contributed by atoms with E-state index < -0.39 is 0 Å². The number of imidazole rings is 1. The predicted molar refractivity (Wildman–Crippen MR) is 67.4 cm³/mol. The van der Waals surface area contributed by atoms with Gasteiger partial charge in [-0.25, -0.2) is 4.98 Å². The normalized spacial score (nSPS) is 12.6. The van der Waals surface area contributed by atoms with E-state index in [0.717, 1.165) is 13.1 Å². The zero-order chi connectivity index (χ0) is 12.1. The van der Waals surface area contributed by atoms with Gasteiger partial charge in [0.05, 0.1) is 12.0 Å². The molecule has 0 aliphatic carbocycles. The van der Waals surface area contributed by atoms with Crippen LogP contribution in [0.5, 0.6) is 0 Å². The van der Waals surface area contributed by atoms with Crippen molar-refractivity contribution in [1.82, 2.24) is 19.9 Å². The summed E-state index contributed by atoms with van der Waals surface area (Å²) in [6.45, 7) is 6.04. The molecular weight excluding hydrogens is 212 g/mol. The Morgan fingerprint density at radius 1 is 1.35 bits per heavy atom. The fourth-order valence-electron chi connectivity index (χ4n) is 1.79. The number of pyridine rings is 1. The molecule has 0 unspecified atom stereocenters. The van der Waals surface area contributed by atoms with Gasteiger partial charge in [0.1, 0.15) is 0 Å². The van der Waals surface area contributed by atoms with Crippen molar-refractivity contribution in [3.05, 3.63) is 48.3 Å². The molecule has 2 aromatic rings. The Morgan fingerprint density at radius 2 is 2.24 bits per heavy atom. The highest BCUT2D eigenvalue weighted by Crippen LogP contribution is 2.11. The Morgan fingerprint density at radius 3 is 2.94 bits per heavy atom. The van der Waals surface area contributed by atoms with E-state index in [9.17, 15) is 0 Å². The highest BCUT2D eigenvalue weighted by molar-refractivity contribution is 5.13. The van der Waals surface area contributed by atoms with Gasteiger partial charge in [-0.1, -0.05) is 6.07 Å². The van der Waals surface area contributed by atoms with Crippen LogP contribution in [-0.2, 0) is 13.1 Å². The number of aryl methyl sites for hydroxylation is 1. The van der Waals surface area contributed by atoms with Gasteiger partial charge in [0.2, 0.25) is 0 Å². The quantitative estimate of drug-likeness (QED) is 0.855. The molecule has 17 heavy (non-hydrogen) atoms. The van der Waals surface area contributed by atoms with Crippen molar-refractivity contribution >= 4 is 0 Å². The lowest BCUT2D eigenvalue weighted by Crippen LogP contribution is -2.19. The van der Waals surface area contributed by atoms with Gasteiger partial charge in [-0.15, -0.1) is 0 Å². The molecule has 0 saturated heterocycles. The topological polar surface area (TPSA) is 42.7 Å². The molecule has 1 N–H and O–H groups in total. The van der Waals surface area contributed by atoms with Crippen molar-refractivity contribution < 1.29 is 0 Å². The minimum atomic E-state index is 0.295. The summed E-state index contributed by atoms with van der Waals surface area (Å²) in [7, 11) is 0. The van der Waals surface area contributed by atoms with E-state index in [0.29, 0.717) is 6.04 Å². The Kier molecular flexibility index (Phi) is 3.88. The van der Waals surface area contributed by atoms with Gasteiger partial charge in [-0.3, -0.25) is 4.98 Å². The first-order valence-electron chi connectivity index (χ1n) is 5.93. The molecule has 0 aromatic carbocycles. The Balaban J connectivity index is 1.95. The molecule has 90 valence electrons. The maximum absolute atomic E-state index is 4.15. The molecular formula is C13H18N4. The zero-order valence-electron chi connectivity index (χ0n) is 10.3. The molecule has 2 heterocycles. The number of nitrogens with zero attached hydrogens (tertiary/aromatic N) is 3. The minimum absolute atomic E-state index is 0.295. The first-order chi connectivity index (χ1) is 8.31. The smallest absolute Gasteiger partial charge is 0.0948 e. The van der Waals surface area contributed by atoms with Gasteiger partial charge in [0.25, 0.3) is 0 Å². The Bertz CT molecular complexity index is 449. The summed E-state index contributed by atoms with van der Waals surface area (Å²) >= 11 is 0. The van der Waals surface area contributed by atoms with Crippen LogP contribution in [0.25, 0.3) is 0 Å². The molecule has 0 saturated carbocycles. The average molecular weight is 230 g/mol. The van der Waals surface area contributed by atoms with Gasteiger partial charge in [0.15, 0.2) is 0 Å². The van der Waals surface area contributed by atoms with Gasteiger partial charge in [0, 0.05) is 37.7 Å². The van der Waals surface area contributed by atoms with Crippen LogP contribution >= 0.6 is 0 Å². The summed E-state index contributed by atoms with van der Waals surface area (Å²) in [4.78, 5) is 8.28. The van der Waals surface area contributed by atoms with Crippen molar-refractivity contribution in [3.63, 3.8) is 0 Å². The third-order valence-electron chi connectivity index (χ3n) is 2.91. The number of hydrogen-bond acceptors (Lipinski definition) is 3. The van der Waals surface area contributed by atoms with Crippen LogP contribution in [0, 0.1) is 0 Å². The number of rotatable bonds is 5. The standard InChI is InChI=1S/C13H18N4/c1-3-17-10-15-8-13(17)9-16-11(2)12-5-4-6-14-7-12/h4-8,10-11,16H,3,9H2,1-2H3/t11-/m1/s1. The minimum Gasteiger partial charge on any atom is -0.334 e. The molecule has 2 aromatic heterocycles. The molecule has 4 nitrogen and oxygen atoms in total. The van der Waals surface area contributed by atoms with Crippen molar-refractivity contribution in [1.29, 1.82) is 0 Å². The SMILES string of the molecule is CCn1cncc1CN[C@H](C)c1cccnc1. The van der Waals surface area contributed by atoms with Crippen LogP contribution in [0.15, 0.2) is 37.1 Å². The second-order valence-corrected chi connectivity index (χ2v) is 4.06. The van der Waals surface area contributed by atoms with Crippen LogP contribution in [0.3, 0.4) is 0 Å². The first kappa shape index (κ1) is 11.8. The van der Waals surface area contributed by atoms with Crippen molar-refractivity contribution in [2.75, 3.05) is 0 Å². The third-order valence-corrected chi connectivity index (χ3v) is 2.91. The second-order valence-electron chi connectivity index (χ2n) is 4.06. The van der Waals surface area contributed by atoms with E-state index in [1.54, 1.807) is 6.20 Å². The maximum atomic E-state index is 4.15. The second kappa shape index (κ2) is 5.59. The molecule has 0 fully saturated rings. The van der Waals surface area contributed by atoms with Crippen molar-refractivity contribution in [3.8, 4) is 0 Å². The highest BCUT2D eigenvalue weighted by Gasteiger charge is 2.06. The summed E-state index contributed by atoms with van der Waals surface area (Å²) in [5.74, 6) is 0. The molecule has 0 radical (unpaired) electrons. The summed E-state index contributed by atoms with van der Waals surface area (Å²) in [5, 5.41) is 3.48. The molecule has 1 atom stereocenters. The zero-order valence-corrected chi connectivity index (χ0v) is 10.3. The van der Waals surface area contributed by atoms with Crippen molar-refractivity contribution in [2.45, 2.75) is 33.0 Å². The molecule has 0 amide bonds. The molecule has 0 bridgehead atoms. The van der Waals surface area contributed by atoms with E-state index in [1.807, 2.05) is 24.8 Å². The summed E-state index contributed by atoms with van der Waals surface area (Å²) < 4.78 is 2.14. The van der Waals surface area contributed by atoms with E-state index in [4.69, 9.17) is 0 Å². The number of aromatic nitrogens is 3. The Labute approximate surface area is 102 Å². The van der Waals surface area contributed by atoms with Crippen molar-refractivity contribution in [2.24, 2.45) is 0 Å². The molecule has 0 spiro atoms. The van der Waals surface area contributed by atoms with Gasteiger partial charge < -0.3 is 9.88 Å². The molecule has 4 heteroatoms. The molecule has 0 aliphatic rings.